The molecule has 20 heavy (non-hydrogen) atoms. The molecule has 0 aromatic heterocycles. The first-order valence-electron chi connectivity index (χ1n) is 6.64. The molecule has 0 saturated heterocycles. The van der Waals surface area contributed by atoms with E-state index in [1.807, 2.05) is 24.3 Å². The first-order chi connectivity index (χ1) is 9.60. The normalized spacial score (nSPS) is 10.6. The van der Waals surface area contributed by atoms with Crippen LogP contribution in [0.5, 0.6) is 0 Å². The fourth-order valence-corrected chi connectivity index (χ4v) is 2.30. The highest BCUT2D eigenvalue weighted by Gasteiger charge is 2.10. The summed E-state index contributed by atoms with van der Waals surface area (Å²) in [6, 6.07) is 12.1. The van der Waals surface area contributed by atoms with Crippen molar-refractivity contribution in [2.24, 2.45) is 0 Å². The topological polar surface area (TPSA) is 29.3 Å². The van der Waals surface area contributed by atoms with Crippen LogP contribution in [0, 0.1) is 5.82 Å². The monoisotopic (exact) mass is 292 g/mol. The number of anilines is 2. The average Bonchev–Trinajstić information content (AvgIpc) is 2.43. The molecule has 2 nitrogen and oxygen atoms in total. The second kappa shape index (κ2) is 6.62. The number of nitrogen functional groups attached to an aromatic ring is 1. The maximum atomic E-state index is 13.3. The Morgan fingerprint density at radius 3 is 2.50 bits per heavy atom. The summed E-state index contributed by atoms with van der Waals surface area (Å²) in [5.41, 5.74) is 8.28. The van der Waals surface area contributed by atoms with Crippen LogP contribution in [-0.4, -0.2) is 6.54 Å². The molecule has 0 aliphatic heterocycles. The Balaban J connectivity index is 2.25. The smallest absolute Gasteiger partial charge is 0.123 e. The number of rotatable bonds is 5. The van der Waals surface area contributed by atoms with Crippen LogP contribution in [0.3, 0.4) is 0 Å². The molecule has 0 unspecified atom stereocenters. The lowest BCUT2D eigenvalue weighted by atomic mass is 10.1. The van der Waals surface area contributed by atoms with E-state index in [0.717, 1.165) is 29.9 Å². The molecule has 0 amide bonds. The van der Waals surface area contributed by atoms with E-state index in [0.29, 0.717) is 11.6 Å². The molecular formula is C16H18ClFN2. The van der Waals surface area contributed by atoms with Gasteiger partial charge in [-0.05, 0) is 54.4 Å². The number of benzene rings is 2. The van der Waals surface area contributed by atoms with Crippen LogP contribution in [-0.2, 0) is 6.54 Å². The summed E-state index contributed by atoms with van der Waals surface area (Å²) in [5, 5.41) is 0.586. The zero-order chi connectivity index (χ0) is 14.5. The standard InChI is InChI=1S/C16H18ClFN2/c1-2-9-20(15-6-4-14(19)5-7-15)11-12-10-13(18)3-8-16(12)17/h3-8,10H,2,9,11,19H2,1H3. The van der Waals surface area contributed by atoms with Crippen molar-refractivity contribution in [1.29, 1.82) is 0 Å². The maximum Gasteiger partial charge on any atom is 0.123 e. The third-order valence-corrected chi connectivity index (χ3v) is 3.49. The van der Waals surface area contributed by atoms with Gasteiger partial charge in [0.2, 0.25) is 0 Å². The maximum absolute atomic E-state index is 13.3. The second-order valence-electron chi connectivity index (χ2n) is 4.75. The lowest BCUT2D eigenvalue weighted by Gasteiger charge is -2.25. The number of hydrogen-bond donors (Lipinski definition) is 1. The molecule has 2 aromatic rings. The Labute approximate surface area is 124 Å². The van der Waals surface area contributed by atoms with Gasteiger partial charge in [0, 0.05) is 29.5 Å². The fourth-order valence-electron chi connectivity index (χ4n) is 2.12. The average molecular weight is 293 g/mol. The van der Waals surface area contributed by atoms with Crippen molar-refractivity contribution in [2.45, 2.75) is 19.9 Å². The number of hydrogen-bond acceptors (Lipinski definition) is 2. The van der Waals surface area contributed by atoms with Gasteiger partial charge in [0.25, 0.3) is 0 Å². The summed E-state index contributed by atoms with van der Waals surface area (Å²) in [6.45, 7) is 3.56. The highest BCUT2D eigenvalue weighted by Crippen LogP contribution is 2.23. The summed E-state index contributed by atoms with van der Waals surface area (Å²) in [4.78, 5) is 2.17. The highest BCUT2D eigenvalue weighted by atomic mass is 35.5. The minimum atomic E-state index is -0.266. The molecule has 2 aromatic carbocycles. The molecule has 0 radical (unpaired) electrons. The highest BCUT2D eigenvalue weighted by molar-refractivity contribution is 6.31. The van der Waals surface area contributed by atoms with E-state index in [4.69, 9.17) is 17.3 Å². The van der Waals surface area contributed by atoms with Crippen molar-refractivity contribution in [1.82, 2.24) is 0 Å². The van der Waals surface area contributed by atoms with E-state index in [2.05, 4.69) is 11.8 Å². The zero-order valence-corrected chi connectivity index (χ0v) is 12.2. The molecule has 0 atom stereocenters. The largest absolute Gasteiger partial charge is 0.399 e. The van der Waals surface area contributed by atoms with Gasteiger partial charge < -0.3 is 10.6 Å². The first kappa shape index (κ1) is 14.7. The van der Waals surface area contributed by atoms with Gasteiger partial charge in [0.15, 0.2) is 0 Å². The van der Waals surface area contributed by atoms with Gasteiger partial charge in [-0.2, -0.15) is 0 Å². The predicted octanol–water partition coefficient (Wildman–Crippen LogP) is 4.48. The molecule has 0 aliphatic carbocycles. The molecule has 0 bridgehead atoms. The third-order valence-electron chi connectivity index (χ3n) is 3.12. The Kier molecular flexibility index (Phi) is 4.85. The fraction of sp³-hybridized carbons (Fsp3) is 0.250. The first-order valence-corrected chi connectivity index (χ1v) is 7.02. The van der Waals surface area contributed by atoms with Gasteiger partial charge in [-0.1, -0.05) is 18.5 Å². The summed E-state index contributed by atoms with van der Waals surface area (Å²) in [6.07, 6.45) is 0.997. The van der Waals surface area contributed by atoms with Crippen molar-refractivity contribution >= 4 is 23.0 Å². The molecule has 0 aliphatic rings. The van der Waals surface area contributed by atoms with Crippen LogP contribution in [0.1, 0.15) is 18.9 Å². The third kappa shape index (κ3) is 3.64. The van der Waals surface area contributed by atoms with Crippen LogP contribution >= 0.6 is 11.6 Å². The van der Waals surface area contributed by atoms with Gasteiger partial charge >= 0.3 is 0 Å². The van der Waals surface area contributed by atoms with Gasteiger partial charge in [-0.25, -0.2) is 4.39 Å². The van der Waals surface area contributed by atoms with Crippen LogP contribution in [0.4, 0.5) is 15.8 Å². The SMILES string of the molecule is CCCN(Cc1cc(F)ccc1Cl)c1ccc(N)cc1. The van der Waals surface area contributed by atoms with Gasteiger partial charge in [-0.3, -0.25) is 0 Å². The summed E-state index contributed by atoms with van der Waals surface area (Å²) in [5.74, 6) is -0.266. The Hall–Kier alpha value is -1.74. The lowest BCUT2D eigenvalue weighted by molar-refractivity contribution is 0.624. The quantitative estimate of drug-likeness (QED) is 0.823. The molecule has 0 saturated carbocycles. The predicted molar refractivity (Wildman–Crippen MR) is 83.6 cm³/mol. The van der Waals surface area contributed by atoms with Crippen molar-refractivity contribution < 1.29 is 4.39 Å². The summed E-state index contributed by atoms with van der Waals surface area (Å²) in [7, 11) is 0. The Morgan fingerprint density at radius 2 is 1.85 bits per heavy atom. The lowest BCUT2D eigenvalue weighted by Crippen LogP contribution is -2.23. The second-order valence-corrected chi connectivity index (χ2v) is 5.16. The Morgan fingerprint density at radius 1 is 1.15 bits per heavy atom. The minimum Gasteiger partial charge on any atom is -0.399 e. The van der Waals surface area contributed by atoms with Gasteiger partial charge in [0.1, 0.15) is 5.82 Å². The minimum absolute atomic E-state index is 0.266. The zero-order valence-electron chi connectivity index (χ0n) is 11.4. The van der Waals surface area contributed by atoms with Crippen molar-refractivity contribution in [3.8, 4) is 0 Å². The molecule has 106 valence electrons. The molecule has 0 heterocycles. The summed E-state index contributed by atoms with van der Waals surface area (Å²) < 4.78 is 13.3. The molecular weight excluding hydrogens is 275 g/mol. The van der Waals surface area contributed by atoms with Crippen LogP contribution in [0.25, 0.3) is 0 Å². The number of nitrogens with zero attached hydrogens (tertiary/aromatic N) is 1. The van der Waals surface area contributed by atoms with E-state index in [1.165, 1.54) is 12.1 Å². The summed E-state index contributed by atoms with van der Waals surface area (Å²) >= 11 is 6.14. The van der Waals surface area contributed by atoms with Crippen molar-refractivity contribution in [3.63, 3.8) is 0 Å². The van der Waals surface area contributed by atoms with E-state index >= 15 is 0 Å². The number of halogens is 2. The van der Waals surface area contributed by atoms with Gasteiger partial charge in [0.05, 0.1) is 0 Å². The molecule has 4 heteroatoms. The van der Waals surface area contributed by atoms with Crippen LogP contribution < -0.4 is 10.6 Å². The van der Waals surface area contributed by atoms with E-state index < -0.39 is 0 Å². The van der Waals surface area contributed by atoms with E-state index in [9.17, 15) is 4.39 Å². The van der Waals surface area contributed by atoms with Gasteiger partial charge in [-0.15, -0.1) is 0 Å². The van der Waals surface area contributed by atoms with E-state index in [-0.39, 0.29) is 5.82 Å². The van der Waals surface area contributed by atoms with Crippen molar-refractivity contribution in [3.05, 3.63) is 58.9 Å². The molecule has 2 rings (SSSR count). The number of nitrogens with two attached hydrogens (primary N) is 1. The van der Waals surface area contributed by atoms with E-state index in [1.54, 1.807) is 6.07 Å². The van der Waals surface area contributed by atoms with Crippen LogP contribution in [0.15, 0.2) is 42.5 Å². The molecule has 0 fully saturated rings. The van der Waals surface area contributed by atoms with Crippen LogP contribution in [0.2, 0.25) is 5.02 Å². The molecule has 2 N–H and O–H groups in total. The molecule has 0 spiro atoms. The van der Waals surface area contributed by atoms with Crippen molar-refractivity contribution in [2.75, 3.05) is 17.2 Å². The Bertz CT molecular complexity index is 569.